The minimum Gasteiger partial charge on any atom is -0.382 e. The summed E-state index contributed by atoms with van der Waals surface area (Å²) in [5, 5.41) is 7.98. The van der Waals surface area contributed by atoms with E-state index in [1.54, 1.807) is 18.4 Å². The van der Waals surface area contributed by atoms with E-state index in [4.69, 9.17) is 4.74 Å². The predicted octanol–water partition coefficient (Wildman–Crippen LogP) is 3.08. The highest BCUT2D eigenvalue weighted by atomic mass is 32.1. The normalized spacial score (nSPS) is 14.9. The van der Waals surface area contributed by atoms with Crippen LogP contribution in [0.15, 0.2) is 16.8 Å². The van der Waals surface area contributed by atoms with Crippen LogP contribution in [0, 0.1) is 0 Å². The zero-order valence-electron chi connectivity index (χ0n) is 10.5. The van der Waals surface area contributed by atoms with E-state index in [1.807, 2.05) is 0 Å². The van der Waals surface area contributed by atoms with Gasteiger partial charge in [-0.15, -0.1) is 0 Å². The van der Waals surface area contributed by atoms with Gasteiger partial charge in [-0.05, 0) is 55.1 Å². The first kappa shape index (κ1) is 13.7. The average Bonchev–Trinajstić information content (AvgIpc) is 2.78. The second kappa shape index (κ2) is 7.82. The van der Waals surface area contributed by atoms with E-state index < -0.39 is 0 Å². The Balaban J connectivity index is 2.43. The van der Waals surface area contributed by atoms with Crippen LogP contribution < -0.4 is 5.32 Å². The molecule has 0 saturated carbocycles. The van der Waals surface area contributed by atoms with Gasteiger partial charge in [-0.1, -0.05) is 6.92 Å². The molecule has 0 aliphatic carbocycles. The van der Waals surface area contributed by atoms with Gasteiger partial charge >= 0.3 is 0 Å². The second-order valence-electron chi connectivity index (χ2n) is 4.27. The van der Waals surface area contributed by atoms with E-state index in [2.05, 4.69) is 36.0 Å². The number of nitrogens with one attached hydrogen (secondary N) is 1. The summed E-state index contributed by atoms with van der Waals surface area (Å²) in [7, 11) is 1.78. The SMILES string of the molecule is CCCNC(Cc1ccsc1)CC(C)OC. The van der Waals surface area contributed by atoms with Gasteiger partial charge in [0.05, 0.1) is 6.10 Å². The van der Waals surface area contributed by atoms with Crippen LogP contribution in [0.5, 0.6) is 0 Å². The van der Waals surface area contributed by atoms with Crippen molar-refractivity contribution >= 4 is 11.3 Å². The topological polar surface area (TPSA) is 21.3 Å². The van der Waals surface area contributed by atoms with Crippen molar-refractivity contribution in [2.45, 2.75) is 45.3 Å². The maximum Gasteiger partial charge on any atom is 0.0558 e. The molecule has 2 unspecified atom stereocenters. The van der Waals surface area contributed by atoms with Crippen molar-refractivity contribution in [2.75, 3.05) is 13.7 Å². The Kier molecular flexibility index (Phi) is 6.69. The molecule has 1 aromatic rings. The Morgan fingerprint density at radius 3 is 2.88 bits per heavy atom. The Morgan fingerprint density at radius 2 is 2.31 bits per heavy atom. The van der Waals surface area contributed by atoms with Gasteiger partial charge in [0.25, 0.3) is 0 Å². The van der Waals surface area contributed by atoms with Crippen molar-refractivity contribution in [1.29, 1.82) is 0 Å². The van der Waals surface area contributed by atoms with Gasteiger partial charge in [0.1, 0.15) is 0 Å². The molecule has 0 bridgehead atoms. The molecule has 16 heavy (non-hydrogen) atoms. The van der Waals surface area contributed by atoms with Gasteiger partial charge in [-0.2, -0.15) is 11.3 Å². The number of ether oxygens (including phenoxy) is 1. The minimum absolute atomic E-state index is 0.327. The standard InChI is InChI=1S/C13H23NOS/c1-4-6-14-13(8-11(2)15-3)9-12-5-7-16-10-12/h5,7,10-11,13-14H,4,6,8-9H2,1-3H3. The molecule has 1 heterocycles. The van der Waals surface area contributed by atoms with E-state index >= 15 is 0 Å². The number of hydrogen-bond acceptors (Lipinski definition) is 3. The predicted molar refractivity (Wildman–Crippen MR) is 71.2 cm³/mol. The Hall–Kier alpha value is -0.380. The van der Waals surface area contributed by atoms with Gasteiger partial charge in [-0.25, -0.2) is 0 Å². The maximum atomic E-state index is 5.34. The van der Waals surface area contributed by atoms with Crippen molar-refractivity contribution in [1.82, 2.24) is 5.32 Å². The van der Waals surface area contributed by atoms with Crippen molar-refractivity contribution < 1.29 is 4.74 Å². The molecule has 0 aliphatic heterocycles. The first-order valence-electron chi connectivity index (χ1n) is 6.03. The number of hydrogen-bond donors (Lipinski definition) is 1. The minimum atomic E-state index is 0.327. The first-order valence-corrected chi connectivity index (χ1v) is 6.97. The zero-order chi connectivity index (χ0) is 11.8. The lowest BCUT2D eigenvalue weighted by molar-refractivity contribution is 0.100. The van der Waals surface area contributed by atoms with Crippen LogP contribution in [0.4, 0.5) is 0 Å². The third kappa shape index (κ3) is 5.10. The summed E-state index contributed by atoms with van der Waals surface area (Å²) in [5.74, 6) is 0. The van der Waals surface area contributed by atoms with Gasteiger partial charge in [0.2, 0.25) is 0 Å². The molecule has 92 valence electrons. The molecule has 0 radical (unpaired) electrons. The smallest absolute Gasteiger partial charge is 0.0558 e. The fraction of sp³-hybridized carbons (Fsp3) is 0.692. The summed E-state index contributed by atoms with van der Waals surface area (Å²) in [6.07, 6.45) is 3.69. The largest absolute Gasteiger partial charge is 0.382 e. The molecule has 0 spiro atoms. The van der Waals surface area contributed by atoms with Crippen LogP contribution in [0.2, 0.25) is 0 Å². The lowest BCUT2D eigenvalue weighted by atomic mass is 10.0. The number of thiophene rings is 1. The Bertz CT molecular complexity index is 261. The van der Waals surface area contributed by atoms with Crippen LogP contribution in [0.1, 0.15) is 32.3 Å². The summed E-state index contributed by atoms with van der Waals surface area (Å²) in [6, 6.07) is 2.74. The van der Waals surface area contributed by atoms with Crippen molar-refractivity contribution in [2.24, 2.45) is 0 Å². The van der Waals surface area contributed by atoms with Crippen molar-refractivity contribution in [3.05, 3.63) is 22.4 Å². The fourth-order valence-electron chi connectivity index (χ4n) is 1.78. The third-order valence-corrected chi connectivity index (χ3v) is 3.50. The van der Waals surface area contributed by atoms with E-state index in [-0.39, 0.29) is 0 Å². The van der Waals surface area contributed by atoms with Crippen molar-refractivity contribution in [3.8, 4) is 0 Å². The summed E-state index contributed by atoms with van der Waals surface area (Å²) in [5.41, 5.74) is 1.43. The summed E-state index contributed by atoms with van der Waals surface area (Å²) >= 11 is 1.77. The lowest BCUT2D eigenvalue weighted by Crippen LogP contribution is -2.34. The molecule has 0 aliphatic rings. The molecule has 0 amide bonds. The van der Waals surface area contributed by atoms with E-state index in [9.17, 15) is 0 Å². The van der Waals surface area contributed by atoms with Crippen LogP contribution in [-0.4, -0.2) is 25.8 Å². The average molecular weight is 241 g/mol. The quantitative estimate of drug-likeness (QED) is 0.755. The number of rotatable bonds is 8. The van der Waals surface area contributed by atoms with Crippen LogP contribution in [0.3, 0.4) is 0 Å². The van der Waals surface area contributed by atoms with Gasteiger partial charge in [0.15, 0.2) is 0 Å². The van der Waals surface area contributed by atoms with Gasteiger partial charge in [0, 0.05) is 13.2 Å². The fourth-order valence-corrected chi connectivity index (χ4v) is 2.46. The van der Waals surface area contributed by atoms with E-state index in [1.165, 1.54) is 12.0 Å². The van der Waals surface area contributed by atoms with E-state index in [0.717, 1.165) is 19.4 Å². The number of methoxy groups -OCH3 is 1. The maximum absolute atomic E-state index is 5.34. The van der Waals surface area contributed by atoms with Gasteiger partial charge < -0.3 is 10.1 Å². The molecule has 0 aromatic carbocycles. The highest BCUT2D eigenvalue weighted by Crippen LogP contribution is 2.12. The zero-order valence-corrected chi connectivity index (χ0v) is 11.3. The van der Waals surface area contributed by atoms with Gasteiger partial charge in [-0.3, -0.25) is 0 Å². The highest BCUT2D eigenvalue weighted by Gasteiger charge is 2.12. The molecule has 1 N–H and O–H groups in total. The lowest BCUT2D eigenvalue weighted by Gasteiger charge is -2.21. The molecule has 2 atom stereocenters. The second-order valence-corrected chi connectivity index (χ2v) is 5.05. The highest BCUT2D eigenvalue weighted by molar-refractivity contribution is 7.07. The van der Waals surface area contributed by atoms with E-state index in [0.29, 0.717) is 12.1 Å². The van der Waals surface area contributed by atoms with Crippen LogP contribution in [0.25, 0.3) is 0 Å². The monoisotopic (exact) mass is 241 g/mol. The van der Waals surface area contributed by atoms with Crippen LogP contribution >= 0.6 is 11.3 Å². The van der Waals surface area contributed by atoms with Crippen LogP contribution in [-0.2, 0) is 11.2 Å². The van der Waals surface area contributed by atoms with Crippen molar-refractivity contribution in [3.63, 3.8) is 0 Å². The molecule has 2 nitrogen and oxygen atoms in total. The molecule has 1 rings (SSSR count). The summed E-state index contributed by atoms with van der Waals surface area (Å²) in [4.78, 5) is 0. The molecule has 3 heteroatoms. The first-order chi connectivity index (χ1) is 7.76. The molecular weight excluding hydrogens is 218 g/mol. The molecule has 0 saturated heterocycles. The Labute approximate surface area is 103 Å². The molecular formula is C13H23NOS. The summed E-state index contributed by atoms with van der Waals surface area (Å²) in [6.45, 7) is 5.42. The molecule has 1 aromatic heterocycles. The third-order valence-electron chi connectivity index (χ3n) is 2.76. The molecule has 0 fully saturated rings. The Morgan fingerprint density at radius 1 is 1.50 bits per heavy atom. The summed E-state index contributed by atoms with van der Waals surface area (Å²) < 4.78 is 5.34.